The molecule has 0 spiro atoms. The summed E-state index contributed by atoms with van der Waals surface area (Å²) in [6.45, 7) is 9.82. The van der Waals surface area contributed by atoms with Crippen molar-refractivity contribution in [2.75, 3.05) is 13.1 Å². The Labute approximate surface area is 147 Å². The zero-order chi connectivity index (χ0) is 16.8. The van der Waals surface area contributed by atoms with Crippen molar-refractivity contribution in [1.29, 1.82) is 0 Å². The van der Waals surface area contributed by atoms with Crippen LogP contribution in [0.3, 0.4) is 0 Å². The van der Waals surface area contributed by atoms with Gasteiger partial charge in [-0.3, -0.25) is 4.90 Å². The van der Waals surface area contributed by atoms with Crippen LogP contribution in [0.5, 0.6) is 0 Å². The number of aryl methyl sites for hydroxylation is 1. The van der Waals surface area contributed by atoms with Gasteiger partial charge in [0.15, 0.2) is 0 Å². The van der Waals surface area contributed by atoms with Crippen molar-refractivity contribution in [3.8, 4) is 0 Å². The highest BCUT2D eigenvalue weighted by molar-refractivity contribution is 5.70. The molecule has 1 nitrogen and oxygen atoms in total. The number of unbranched alkanes of at least 4 members (excludes halogenated alkanes) is 1. The SMILES string of the molecule is C=C1CCc2cc(CCN(CCCC)Cc3ccccc3)ccc21. The Kier molecular flexibility index (Phi) is 5.87. The van der Waals surface area contributed by atoms with Gasteiger partial charge in [0.1, 0.15) is 0 Å². The molecule has 0 amide bonds. The maximum atomic E-state index is 4.17. The van der Waals surface area contributed by atoms with Gasteiger partial charge in [0.2, 0.25) is 0 Å². The summed E-state index contributed by atoms with van der Waals surface area (Å²) in [5, 5.41) is 0. The van der Waals surface area contributed by atoms with Crippen molar-refractivity contribution in [2.24, 2.45) is 0 Å². The molecule has 1 heteroatoms. The molecular formula is C23H29N. The van der Waals surface area contributed by atoms with Crippen molar-refractivity contribution >= 4 is 5.57 Å². The van der Waals surface area contributed by atoms with Crippen molar-refractivity contribution in [2.45, 2.75) is 45.6 Å². The van der Waals surface area contributed by atoms with Gasteiger partial charge in [0.25, 0.3) is 0 Å². The lowest BCUT2D eigenvalue weighted by atomic mass is 10.0. The molecule has 0 aliphatic heterocycles. The predicted molar refractivity (Wildman–Crippen MR) is 104 cm³/mol. The molecular weight excluding hydrogens is 290 g/mol. The Balaban J connectivity index is 1.61. The predicted octanol–water partition coefficient (Wildman–Crippen LogP) is 5.49. The van der Waals surface area contributed by atoms with Gasteiger partial charge in [-0.15, -0.1) is 0 Å². The van der Waals surface area contributed by atoms with E-state index in [0.29, 0.717) is 0 Å². The minimum Gasteiger partial charge on any atom is -0.299 e. The summed E-state index contributed by atoms with van der Waals surface area (Å²) in [7, 11) is 0. The molecule has 0 aromatic heterocycles. The van der Waals surface area contributed by atoms with E-state index >= 15 is 0 Å². The molecule has 24 heavy (non-hydrogen) atoms. The van der Waals surface area contributed by atoms with Crippen LogP contribution in [0.2, 0.25) is 0 Å². The van der Waals surface area contributed by atoms with Gasteiger partial charge in [-0.1, -0.05) is 68.5 Å². The average Bonchev–Trinajstić information content (AvgIpc) is 2.99. The first kappa shape index (κ1) is 17.0. The molecule has 2 aromatic rings. The Bertz CT molecular complexity index is 672. The van der Waals surface area contributed by atoms with Crippen LogP contribution in [-0.2, 0) is 19.4 Å². The fourth-order valence-corrected chi connectivity index (χ4v) is 3.56. The Hall–Kier alpha value is -1.86. The van der Waals surface area contributed by atoms with Crippen LogP contribution in [0, 0.1) is 0 Å². The number of allylic oxidation sites excluding steroid dienone is 1. The standard InChI is InChI=1S/C23H29N/c1-3-4-15-24(18-21-8-6-5-7-9-21)16-14-20-11-13-23-19(2)10-12-22(23)17-20/h5-9,11,13,17H,2-4,10,12,14-16,18H2,1H3. The third-order valence-corrected chi connectivity index (χ3v) is 5.04. The average molecular weight is 319 g/mol. The monoisotopic (exact) mass is 319 g/mol. The second kappa shape index (κ2) is 8.30. The van der Waals surface area contributed by atoms with Crippen molar-refractivity contribution in [3.63, 3.8) is 0 Å². The van der Waals surface area contributed by atoms with E-state index in [-0.39, 0.29) is 0 Å². The topological polar surface area (TPSA) is 3.24 Å². The maximum absolute atomic E-state index is 4.17. The van der Waals surface area contributed by atoms with E-state index < -0.39 is 0 Å². The lowest BCUT2D eigenvalue weighted by molar-refractivity contribution is 0.264. The largest absolute Gasteiger partial charge is 0.299 e. The third-order valence-electron chi connectivity index (χ3n) is 5.04. The van der Waals surface area contributed by atoms with Gasteiger partial charge in [-0.2, -0.15) is 0 Å². The normalized spacial score (nSPS) is 13.5. The van der Waals surface area contributed by atoms with Gasteiger partial charge in [0.05, 0.1) is 0 Å². The Morgan fingerprint density at radius 3 is 2.58 bits per heavy atom. The van der Waals surface area contributed by atoms with E-state index in [4.69, 9.17) is 0 Å². The molecule has 1 aliphatic carbocycles. The molecule has 2 aromatic carbocycles. The molecule has 0 N–H and O–H groups in total. The maximum Gasteiger partial charge on any atom is 0.0233 e. The second-order valence-electron chi connectivity index (χ2n) is 6.96. The number of hydrogen-bond donors (Lipinski definition) is 0. The smallest absolute Gasteiger partial charge is 0.0233 e. The molecule has 0 bridgehead atoms. The van der Waals surface area contributed by atoms with Crippen LogP contribution >= 0.6 is 0 Å². The number of hydrogen-bond acceptors (Lipinski definition) is 1. The zero-order valence-electron chi connectivity index (χ0n) is 14.9. The van der Waals surface area contributed by atoms with Gasteiger partial charge in [-0.05, 0) is 60.1 Å². The van der Waals surface area contributed by atoms with Gasteiger partial charge in [-0.25, -0.2) is 0 Å². The molecule has 0 unspecified atom stereocenters. The summed E-state index contributed by atoms with van der Waals surface area (Å²) in [4.78, 5) is 2.60. The van der Waals surface area contributed by atoms with E-state index in [2.05, 4.69) is 66.9 Å². The van der Waals surface area contributed by atoms with Crippen LogP contribution in [0.25, 0.3) is 5.57 Å². The van der Waals surface area contributed by atoms with E-state index in [0.717, 1.165) is 25.9 Å². The number of benzene rings is 2. The van der Waals surface area contributed by atoms with Gasteiger partial charge < -0.3 is 0 Å². The van der Waals surface area contributed by atoms with Crippen molar-refractivity contribution < 1.29 is 0 Å². The molecule has 0 heterocycles. The number of fused-ring (bicyclic) bond motifs is 1. The molecule has 0 atom stereocenters. The molecule has 3 rings (SSSR count). The fourth-order valence-electron chi connectivity index (χ4n) is 3.56. The zero-order valence-corrected chi connectivity index (χ0v) is 14.9. The Morgan fingerprint density at radius 2 is 1.79 bits per heavy atom. The number of nitrogens with zero attached hydrogens (tertiary/aromatic N) is 1. The van der Waals surface area contributed by atoms with Gasteiger partial charge in [0, 0.05) is 13.1 Å². The van der Waals surface area contributed by atoms with Crippen LogP contribution in [-0.4, -0.2) is 18.0 Å². The highest BCUT2D eigenvalue weighted by Crippen LogP contribution is 2.31. The van der Waals surface area contributed by atoms with E-state index in [1.807, 2.05) is 0 Å². The van der Waals surface area contributed by atoms with Gasteiger partial charge >= 0.3 is 0 Å². The summed E-state index contributed by atoms with van der Waals surface area (Å²) in [6, 6.07) is 17.8. The van der Waals surface area contributed by atoms with Crippen LogP contribution < -0.4 is 0 Å². The summed E-state index contributed by atoms with van der Waals surface area (Å²) in [6.07, 6.45) is 5.97. The molecule has 1 aliphatic rings. The highest BCUT2D eigenvalue weighted by Gasteiger charge is 2.14. The summed E-state index contributed by atoms with van der Waals surface area (Å²) >= 11 is 0. The quantitative estimate of drug-likeness (QED) is 0.622. The summed E-state index contributed by atoms with van der Waals surface area (Å²) in [5.74, 6) is 0. The number of rotatable bonds is 8. The molecule has 0 saturated carbocycles. The molecule has 0 fully saturated rings. The second-order valence-corrected chi connectivity index (χ2v) is 6.96. The summed E-state index contributed by atoms with van der Waals surface area (Å²) < 4.78 is 0. The lowest BCUT2D eigenvalue weighted by Crippen LogP contribution is -2.26. The van der Waals surface area contributed by atoms with Crippen molar-refractivity contribution in [1.82, 2.24) is 4.90 Å². The minimum absolute atomic E-state index is 1.06. The van der Waals surface area contributed by atoms with Crippen molar-refractivity contribution in [3.05, 3.63) is 77.4 Å². The van der Waals surface area contributed by atoms with Crippen LogP contribution in [0.1, 0.15) is 48.4 Å². The third kappa shape index (κ3) is 4.36. The first-order chi connectivity index (χ1) is 11.8. The first-order valence-electron chi connectivity index (χ1n) is 9.32. The first-order valence-corrected chi connectivity index (χ1v) is 9.32. The minimum atomic E-state index is 1.06. The summed E-state index contributed by atoms with van der Waals surface area (Å²) in [5.41, 5.74) is 7.09. The highest BCUT2D eigenvalue weighted by atomic mass is 15.1. The van der Waals surface area contributed by atoms with Crippen LogP contribution in [0.15, 0.2) is 55.1 Å². The van der Waals surface area contributed by atoms with E-state index in [1.165, 1.54) is 53.6 Å². The van der Waals surface area contributed by atoms with E-state index in [9.17, 15) is 0 Å². The molecule has 0 radical (unpaired) electrons. The lowest BCUT2D eigenvalue weighted by Gasteiger charge is -2.22. The fraction of sp³-hybridized carbons (Fsp3) is 0.391. The molecule has 0 saturated heterocycles. The van der Waals surface area contributed by atoms with E-state index in [1.54, 1.807) is 0 Å². The Morgan fingerprint density at radius 1 is 0.958 bits per heavy atom. The van der Waals surface area contributed by atoms with Crippen LogP contribution in [0.4, 0.5) is 0 Å². The molecule has 126 valence electrons.